The summed E-state index contributed by atoms with van der Waals surface area (Å²) in [6.07, 6.45) is 16.1. The number of halogens is 1. The molecule has 1 N–H and O–H groups in total. The molecule has 0 saturated heterocycles. The highest BCUT2D eigenvalue weighted by Gasteiger charge is 2.39. The first kappa shape index (κ1) is 39.4. The van der Waals surface area contributed by atoms with Crippen LogP contribution in [-0.4, -0.2) is 44.2 Å². The summed E-state index contributed by atoms with van der Waals surface area (Å²) in [6, 6.07) is -0.657. The van der Waals surface area contributed by atoms with E-state index < -0.39 is 19.8 Å². The van der Waals surface area contributed by atoms with Gasteiger partial charge >= 0.3 is 5.97 Å². The summed E-state index contributed by atoms with van der Waals surface area (Å²) in [5.41, 5.74) is 0.168. The number of amides is 1. The number of esters is 1. The van der Waals surface area contributed by atoms with E-state index in [1.807, 2.05) is 65.0 Å². The molecule has 0 aliphatic carbocycles. The summed E-state index contributed by atoms with van der Waals surface area (Å²) in [5, 5.41) is 3.68. The van der Waals surface area contributed by atoms with Gasteiger partial charge in [-0.1, -0.05) is 102 Å². The maximum absolute atomic E-state index is 13.2. The van der Waals surface area contributed by atoms with Gasteiger partial charge in [0.25, 0.3) is 0 Å². The molecular formula is C36H54ClNO5Si. The van der Waals surface area contributed by atoms with Crippen LogP contribution in [0.2, 0.25) is 18.1 Å². The Kier molecular flexibility index (Phi) is 15.9. The second-order valence-corrected chi connectivity index (χ2v) is 19.5. The molecule has 6 nitrogen and oxygen atoms in total. The number of hydrogen-bond donors (Lipinski definition) is 1. The summed E-state index contributed by atoms with van der Waals surface area (Å²) in [7, 11) is -1.98. The highest BCUT2D eigenvalue weighted by molar-refractivity contribution is 6.74. The highest BCUT2D eigenvalue weighted by atomic mass is 35.5. The predicted octanol–water partition coefficient (Wildman–Crippen LogP) is 8.36. The second-order valence-electron chi connectivity index (χ2n) is 14.1. The SMILES string of the molecule is CC1=CC[C@@H]([C@@H](C)/C=C\C#C/C=C/C(=O)N[C@H](C(=O)C/C=C\C[C@H](C/C=C(\C)Cl)O[Si](C)(C)C(C)(C)C)C(C)(C)C)OC1=O. The molecule has 1 heterocycles. The molecule has 0 spiro atoms. The Labute approximate surface area is 272 Å². The lowest BCUT2D eigenvalue weighted by Crippen LogP contribution is -2.48. The van der Waals surface area contributed by atoms with Gasteiger partial charge in [-0.05, 0) is 62.4 Å². The Hall–Kier alpha value is -2.66. The number of cyclic esters (lactones) is 1. The first-order valence-corrected chi connectivity index (χ1v) is 18.7. The molecule has 44 heavy (non-hydrogen) atoms. The van der Waals surface area contributed by atoms with E-state index in [-0.39, 0.29) is 47.2 Å². The minimum atomic E-state index is -1.98. The minimum absolute atomic E-state index is 0.0137. The molecule has 4 atom stereocenters. The van der Waals surface area contributed by atoms with Crippen molar-refractivity contribution in [2.75, 3.05) is 0 Å². The largest absolute Gasteiger partial charge is 0.458 e. The fourth-order valence-corrected chi connectivity index (χ4v) is 5.60. The van der Waals surface area contributed by atoms with Crippen molar-refractivity contribution >= 4 is 37.6 Å². The molecule has 1 rings (SSSR count). The van der Waals surface area contributed by atoms with Crippen molar-refractivity contribution < 1.29 is 23.5 Å². The summed E-state index contributed by atoms with van der Waals surface area (Å²) < 4.78 is 12.0. The third-order valence-electron chi connectivity index (χ3n) is 8.00. The first-order valence-electron chi connectivity index (χ1n) is 15.4. The first-order chi connectivity index (χ1) is 20.2. The maximum atomic E-state index is 13.2. The van der Waals surface area contributed by atoms with Crippen molar-refractivity contribution in [3.8, 4) is 11.8 Å². The average Bonchev–Trinajstić information content (AvgIpc) is 2.89. The number of hydrogen-bond acceptors (Lipinski definition) is 5. The Morgan fingerprint density at radius 1 is 1.14 bits per heavy atom. The minimum Gasteiger partial charge on any atom is -0.458 e. The summed E-state index contributed by atoms with van der Waals surface area (Å²) in [4.78, 5) is 37.6. The van der Waals surface area contributed by atoms with E-state index in [4.69, 9.17) is 20.8 Å². The van der Waals surface area contributed by atoms with Crippen LogP contribution in [0.3, 0.4) is 0 Å². The molecular weight excluding hydrogens is 590 g/mol. The average molecular weight is 644 g/mol. The molecule has 8 heteroatoms. The summed E-state index contributed by atoms with van der Waals surface area (Å²) in [6.45, 7) is 22.5. The molecule has 0 aromatic heterocycles. The number of allylic oxidation sites excluding steroid dienone is 4. The van der Waals surface area contributed by atoms with Crippen LogP contribution in [0, 0.1) is 23.2 Å². The smallest absolute Gasteiger partial charge is 0.333 e. The van der Waals surface area contributed by atoms with Gasteiger partial charge in [0.15, 0.2) is 14.1 Å². The van der Waals surface area contributed by atoms with E-state index >= 15 is 0 Å². The van der Waals surface area contributed by atoms with E-state index in [2.05, 4.69) is 51.0 Å². The quantitative estimate of drug-likeness (QED) is 0.0717. The predicted molar refractivity (Wildman–Crippen MR) is 185 cm³/mol. The van der Waals surface area contributed by atoms with Crippen molar-refractivity contribution in [3.63, 3.8) is 0 Å². The van der Waals surface area contributed by atoms with Crippen LogP contribution in [0.15, 0.2) is 59.2 Å². The van der Waals surface area contributed by atoms with Crippen LogP contribution < -0.4 is 5.32 Å². The Balaban J connectivity index is 2.75. The molecule has 0 unspecified atom stereocenters. The van der Waals surface area contributed by atoms with Crippen molar-refractivity contribution in [3.05, 3.63) is 59.2 Å². The number of ketones is 1. The molecule has 0 radical (unpaired) electrons. The third-order valence-corrected chi connectivity index (χ3v) is 12.7. The fraction of sp³-hybridized carbons (Fsp3) is 0.583. The summed E-state index contributed by atoms with van der Waals surface area (Å²) >= 11 is 6.09. The molecule has 0 saturated carbocycles. The van der Waals surface area contributed by atoms with Gasteiger partial charge in [-0.25, -0.2) is 4.79 Å². The number of carbonyl (C=O) groups is 3. The van der Waals surface area contributed by atoms with Crippen LogP contribution in [0.1, 0.15) is 88.0 Å². The van der Waals surface area contributed by atoms with Crippen LogP contribution in [0.25, 0.3) is 0 Å². The zero-order valence-corrected chi connectivity index (χ0v) is 30.4. The second kappa shape index (κ2) is 17.7. The van der Waals surface area contributed by atoms with E-state index in [9.17, 15) is 14.4 Å². The normalized spacial score (nSPS) is 18.9. The lowest BCUT2D eigenvalue weighted by Gasteiger charge is -2.39. The topological polar surface area (TPSA) is 81.7 Å². The Morgan fingerprint density at radius 2 is 1.77 bits per heavy atom. The standard InChI is InChI=1S/C36H54ClNO5Si/c1-26(31-25-22-27(2)34(41)42-31)18-14-12-13-15-21-32(40)38-33(35(4,5)6)30(39)20-17-16-19-29(24-23-28(3)37)43-44(10,11)36(7,8)9/h14-18,21-23,26,29,31,33H,19-20,24-25H2,1-11H3,(H,38,40)/b17-16-,18-14-,21-15+,28-23+/t26-,29+,31-,33+/m0/s1. The van der Waals surface area contributed by atoms with E-state index in [1.54, 1.807) is 13.0 Å². The van der Waals surface area contributed by atoms with E-state index in [1.165, 1.54) is 12.2 Å². The van der Waals surface area contributed by atoms with Gasteiger partial charge in [0.05, 0.1) is 12.1 Å². The zero-order chi connectivity index (χ0) is 33.7. The molecule has 0 fully saturated rings. The van der Waals surface area contributed by atoms with E-state index in [0.29, 0.717) is 24.8 Å². The molecule has 1 amide bonds. The van der Waals surface area contributed by atoms with Crippen LogP contribution in [-0.2, 0) is 23.5 Å². The van der Waals surface area contributed by atoms with Gasteiger partial charge < -0.3 is 14.5 Å². The number of nitrogens with one attached hydrogen (secondary N) is 1. The number of Topliss-reactive ketones (excluding diaryl/α,β-unsaturated/α-hetero) is 1. The van der Waals surface area contributed by atoms with Crippen molar-refractivity contribution in [2.24, 2.45) is 11.3 Å². The van der Waals surface area contributed by atoms with Gasteiger partial charge in [0, 0.05) is 35.4 Å². The van der Waals surface area contributed by atoms with Crippen molar-refractivity contribution in [1.82, 2.24) is 5.32 Å². The van der Waals surface area contributed by atoms with Gasteiger partial charge in [-0.2, -0.15) is 0 Å². The van der Waals surface area contributed by atoms with Crippen molar-refractivity contribution in [2.45, 2.75) is 124 Å². The number of ether oxygens (including phenoxy) is 1. The molecule has 0 bridgehead atoms. The molecule has 244 valence electrons. The van der Waals surface area contributed by atoms with Crippen LogP contribution in [0.5, 0.6) is 0 Å². The van der Waals surface area contributed by atoms with Crippen molar-refractivity contribution in [1.29, 1.82) is 0 Å². The van der Waals surface area contributed by atoms with Gasteiger partial charge in [0.2, 0.25) is 5.91 Å². The fourth-order valence-electron chi connectivity index (χ4n) is 4.13. The lowest BCUT2D eigenvalue weighted by molar-refractivity contribution is -0.147. The Morgan fingerprint density at radius 3 is 2.34 bits per heavy atom. The lowest BCUT2D eigenvalue weighted by atomic mass is 9.83. The van der Waals surface area contributed by atoms with Gasteiger partial charge in [-0.15, -0.1) is 0 Å². The van der Waals surface area contributed by atoms with Crippen LogP contribution in [0.4, 0.5) is 0 Å². The highest BCUT2D eigenvalue weighted by Crippen LogP contribution is 2.38. The maximum Gasteiger partial charge on any atom is 0.333 e. The zero-order valence-electron chi connectivity index (χ0n) is 28.7. The molecule has 1 aliphatic heterocycles. The van der Waals surface area contributed by atoms with E-state index in [0.717, 1.165) is 5.03 Å². The number of rotatable bonds is 13. The van der Waals surface area contributed by atoms with Crippen LogP contribution >= 0.6 is 11.6 Å². The third kappa shape index (κ3) is 14.4. The number of carbonyl (C=O) groups excluding carboxylic acids is 3. The van der Waals surface area contributed by atoms with Gasteiger partial charge in [-0.3, -0.25) is 9.59 Å². The monoisotopic (exact) mass is 643 g/mol. The molecule has 0 aromatic rings. The Bertz CT molecular complexity index is 1210. The summed E-state index contributed by atoms with van der Waals surface area (Å²) in [5.74, 6) is 4.97. The molecule has 1 aliphatic rings. The molecule has 0 aromatic carbocycles. The van der Waals surface area contributed by atoms with Gasteiger partial charge in [0.1, 0.15) is 6.10 Å².